The zero-order chi connectivity index (χ0) is 11.9. The summed E-state index contributed by atoms with van der Waals surface area (Å²) in [7, 11) is 0. The number of nitrogens with two attached hydrogens (primary N) is 1. The van der Waals surface area contributed by atoms with Gasteiger partial charge in [-0.1, -0.05) is 6.07 Å². The monoisotopic (exact) mass is 233 g/mol. The standard InChI is InChI=1S/C14H23N3/c15-8-6-13-4-3-10-17(12-13)11-7-14-5-1-2-9-16-14/h1-2,5,9,13H,3-4,6-8,10-12,15H2. The lowest BCUT2D eigenvalue weighted by molar-refractivity contribution is 0.171. The molecule has 17 heavy (non-hydrogen) atoms. The van der Waals surface area contributed by atoms with E-state index in [2.05, 4.69) is 22.0 Å². The minimum atomic E-state index is 0.817. The molecule has 0 spiro atoms. The van der Waals surface area contributed by atoms with Crippen molar-refractivity contribution in [3.63, 3.8) is 0 Å². The highest BCUT2D eigenvalue weighted by atomic mass is 15.1. The van der Waals surface area contributed by atoms with E-state index in [1.807, 2.05) is 12.3 Å². The van der Waals surface area contributed by atoms with Crippen molar-refractivity contribution in [2.75, 3.05) is 26.2 Å². The summed E-state index contributed by atoms with van der Waals surface area (Å²) in [5.74, 6) is 0.817. The molecule has 1 atom stereocenters. The first-order chi connectivity index (χ1) is 8.38. The lowest BCUT2D eigenvalue weighted by Crippen LogP contribution is -2.37. The summed E-state index contributed by atoms with van der Waals surface area (Å²) < 4.78 is 0. The van der Waals surface area contributed by atoms with Crippen molar-refractivity contribution in [1.29, 1.82) is 0 Å². The molecule has 0 aromatic carbocycles. The summed E-state index contributed by atoms with van der Waals surface area (Å²) in [6.45, 7) is 4.44. The fourth-order valence-corrected chi connectivity index (χ4v) is 2.64. The molecule has 0 saturated carbocycles. The van der Waals surface area contributed by atoms with Crippen molar-refractivity contribution in [2.45, 2.75) is 25.7 Å². The quantitative estimate of drug-likeness (QED) is 0.841. The average Bonchev–Trinajstić information content (AvgIpc) is 2.39. The van der Waals surface area contributed by atoms with Crippen LogP contribution in [0.1, 0.15) is 25.0 Å². The summed E-state index contributed by atoms with van der Waals surface area (Å²) in [6.07, 6.45) is 6.81. The third-order valence-electron chi connectivity index (χ3n) is 3.59. The Morgan fingerprint density at radius 1 is 1.41 bits per heavy atom. The van der Waals surface area contributed by atoms with Gasteiger partial charge in [-0.25, -0.2) is 0 Å². The van der Waals surface area contributed by atoms with Crippen molar-refractivity contribution in [2.24, 2.45) is 11.7 Å². The maximum atomic E-state index is 5.64. The van der Waals surface area contributed by atoms with Crippen LogP contribution in [0.25, 0.3) is 0 Å². The van der Waals surface area contributed by atoms with E-state index in [0.29, 0.717) is 0 Å². The van der Waals surface area contributed by atoms with Gasteiger partial charge in [-0.3, -0.25) is 4.98 Å². The van der Waals surface area contributed by atoms with Gasteiger partial charge in [-0.15, -0.1) is 0 Å². The maximum Gasteiger partial charge on any atom is 0.0416 e. The molecule has 3 nitrogen and oxygen atoms in total. The van der Waals surface area contributed by atoms with Crippen molar-refractivity contribution >= 4 is 0 Å². The third kappa shape index (κ3) is 4.10. The second kappa shape index (κ2) is 6.72. The van der Waals surface area contributed by atoms with Crippen LogP contribution >= 0.6 is 0 Å². The molecule has 1 aliphatic rings. The molecule has 2 N–H and O–H groups in total. The van der Waals surface area contributed by atoms with E-state index in [4.69, 9.17) is 5.73 Å². The molecule has 94 valence electrons. The van der Waals surface area contributed by atoms with E-state index in [1.165, 1.54) is 38.0 Å². The van der Waals surface area contributed by atoms with Crippen LogP contribution in [-0.4, -0.2) is 36.1 Å². The molecular weight excluding hydrogens is 210 g/mol. The zero-order valence-corrected chi connectivity index (χ0v) is 10.5. The van der Waals surface area contributed by atoms with Gasteiger partial charge in [0.05, 0.1) is 0 Å². The molecule has 1 aromatic rings. The zero-order valence-electron chi connectivity index (χ0n) is 10.5. The Morgan fingerprint density at radius 2 is 2.35 bits per heavy atom. The lowest BCUT2D eigenvalue weighted by atomic mass is 9.95. The summed E-state index contributed by atoms with van der Waals surface area (Å²) in [6, 6.07) is 6.15. The Balaban J connectivity index is 1.75. The first kappa shape index (κ1) is 12.5. The number of hydrogen-bond acceptors (Lipinski definition) is 3. The van der Waals surface area contributed by atoms with Crippen molar-refractivity contribution in [3.8, 4) is 0 Å². The minimum absolute atomic E-state index is 0.817. The molecule has 0 aliphatic carbocycles. The van der Waals surface area contributed by atoms with Crippen LogP contribution < -0.4 is 5.73 Å². The minimum Gasteiger partial charge on any atom is -0.330 e. The van der Waals surface area contributed by atoms with Crippen LogP contribution in [-0.2, 0) is 6.42 Å². The highest BCUT2D eigenvalue weighted by molar-refractivity contribution is 5.03. The summed E-state index contributed by atoms with van der Waals surface area (Å²) >= 11 is 0. The topological polar surface area (TPSA) is 42.1 Å². The molecule has 2 rings (SSSR count). The van der Waals surface area contributed by atoms with Gasteiger partial charge in [0.2, 0.25) is 0 Å². The molecule has 0 radical (unpaired) electrons. The van der Waals surface area contributed by atoms with E-state index in [0.717, 1.165) is 25.4 Å². The molecule has 1 aromatic heterocycles. The molecule has 1 fully saturated rings. The van der Waals surface area contributed by atoms with E-state index in [1.54, 1.807) is 0 Å². The number of likely N-dealkylation sites (tertiary alicyclic amines) is 1. The number of hydrogen-bond donors (Lipinski definition) is 1. The van der Waals surface area contributed by atoms with Crippen molar-refractivity contribution in [1.82, 2.24) is 9.88 Å². The smallest absolute Gasteiger partial charge is 0.0416 e. The summed E-state index contributed by atoms with van der Waals surface area (Å²) in [4.78, 5) is 6.94. The first-order valence-electron chi connectivity index (χ1n) is 6.71. The van der Waals surface area contributed by atoms with E-state index >= 15 is 0 Å². The molecule has 1 aliphatic heterocycles. The van der Waals surface area contributed by atoms with Crippen LogP contribution in [0.2, 0.25) is 0 Å². The van der Waals surface area contributed by atoms with Crippen LogP contribution in [0, 0.1) is 5.92 Å². The second-order valence-corrected chi connectivity index (χ2v) is 4.96. The predicted octanol–water partition coefficient (Wildman–Crippen LogP) is 1.68. The fraction of sp³-hybridized carbons (Fsp3) is 0.643. The number of nitrogens with zero attached hydrogens (tertiary/aromatic N) is 2. The van der Waals surface area contributed by atoms with Crippen LogP contribution in [0.3, 0.4) is 0 Å². The van der Waals surface area contributed by atoms with Gasteiger partial charge in [0.25, 0.3) is 0 Å². The van der Waals surface area contributed by atoms with E-state index in [9.17, 15) is 0 Å². The van der Waals surface area contributed by atoms with Gasteiger partial charge >= 0.3 is 0 Å². The van der Waals surface area contributed by atoms with E-state index in [-0.39, 0.29) is 0 Å². The Kier molecular flexibility index (Phi) is 4.95. The molecule has 0 amide bonds. The second-order valence-electron chi connectivity index (χ2n) is 4.96. The maximum absolute atomic E-state index is 5.64. The van der Waals surface area contributed by atoms with E-state index < -0.39 is 0 Å². The molecule has 2 heterocycles. The molecule has 0 bridgehead atoms. The van der Waals surface area contributed by atoms with Gasteiger partial charge in [-0.2, -0.15) is 0 Å². The SMILES string of the molecule is NCCC1CCCN(CCc2ccccn2)C1. The van der Waals surface area contributed by atoms with Gasteiger partial charge in [-0.05, 0) is 50.4 Å². The normalized spacial score (nSPS) is 21.6. The fourth-order valence-electron chi connectivity index (χ4n) is 2.64. The molecule has 1 unspecified atom stereocenters. The van der Waals surface area contributed by atoms with Crippen molar-refractivity contribution < 1.29 is 0 Å². The third-order valence-corrected chi connectivity index (χ3v) is 3.59. The van der Waals surface area contributed by atoms with Gasteiger partial charge in [0.15, 0.2) is 0 Å². The number of pyridine rings is 1. The predicted molar refractivity (Wildman–Crippen MR) is 70.8 cm³/mol. The van der Waals surface area contributed by atoms with Gasteiger partial charge in [0, 0.05) is 31.4 Å². The average molecular weight is 233 g/mol. The van der Waals surface area contributed by atoms with Gasteiger partial charge < -0.3 is 10.6 Å². The molecular formula is C14H23N3. The lowest BCUT2D eigenvalue weighted by Gasteiger charge is -2.32. The number of piperidine rings is 1. The number of aromatic nitrogens is 1. The summed E-state index contributed by atoms with van der Waals surface area (Å²) in [5, 5.41) is 0. The number of rotatable bonds is 5. The largest absolute Gasteiger partial charge is 0.330 e. The Hall–Kier alpha value is -0.930. The molecule has 1 saturated heterocycles. The Labute approximate surface area is 104 Å². The highest BCUT2D eigenvalue weighted by Crippen LogP contribution is 2.18. The highest BCUT2D eigenvalue weighted by Gasteiger charge is 2.18. The van der Waals surface area contributed by atoms with Crippen LogP contribution in [0.15, 0.2) is 24.4 Å². The van der Waals surface area contributed by atoms with Crippen LogP contribution in [0.5, 0.6) is 0 Å². The molecule has 3 heteroatoms. The Morgan fingerprint density at radius 3 is 3.12 bits per heavy atom. The summed E-state index contributed by atoms with van der Waals surface area (Å²) in [5.41, 5.74) is 6.84. The van der Waals surface area contributed by atoms with Gasteiger partial charge in [0.1, 0.15) is 0 Å². The first-order valence-corrected chi connectivity index (χ1v) is 6.71. The van der Waals surface area contributed by atoms with Crippen LogP contribution in [0.4, 0.5) is 0 Å². The Bertz CT molecular complexity index is 311. The van der Waals surface area contributed by atoms with Crippen molar-refractivity contribution in [3.05, 3.63) is 30.1 Å².